The van der Waals surface area contributed by atoms with E-state index in [0.29, 0.717) is 29.8 Å². The highest BCUT2D eigenvalue weighted by atomic mass is 35.5. The van der Waals surface area contributed by atoms with E-state index in [-0.39, 0.29) is 10.7 Å². The average molecular weight is 363 g/mol. The Kier molecular flexibility index (Phi) is 4.77. The summed E-state index contributed by atoms with van der Waals surface area (Å²) in [7, 11) is 0. The van der Waals surface area contributed by atoms with E-state index in [2.05, 4.69) is 10.2 Å². The minimum Gasteiger partial charge on any atom is -0.207 e. The van der Waals surface area contributed by atoms with Crippen molar-refractivity contribution in [2.45, 2.75) is 20.3 Å². The lowest BCUT2D eigenvalue weighted by Crippen LogP contribution is -2.05. The maximum Gasteiger partial charge on any atom is 0.160 e. The van der Waals surface area contributed by atoms with Crippen molar-refractivity contribution in [2.24, 2.45) is 0 Å². The van der Waals surface area contributed by atoms with Crippen LogP contribution in [0.3, 0.4) is 0 Å². The van der Waals surface area contributed by atoms with Crippen molar-refractivity contribution in [3.63, 3.8) is 0 Å². The molecular weight excluding hydrogens is 349 g/mol. The van der Waals surface area contributed by atoms with Gasteiger partial charge < -0.3 is 0 Å². The molecule has 0 saturated carbocycles. The van der Waals surface area contributed by atoms with Crippen LogP contribution in [0.1, 0.15) is 22.4 Å². The van der Waals surface area contributed by atoms with Crippen molar-refractivity contribution in [2.75, 3.05) is 0 Å². The summed E-state index contributed by atoms with van der Waals surface area (Å²) in [6, 6.07) is 8.97. The van der Waals surface area contributed by atoms with Gasteiger partial charge in [0, 0.05) is 24.1 Å². The van der Waals surface area contributed by atoms with Crippen molar-refractivity contribution in [3.8, 4) is 11.1 Å². The molecular formula is C19H14ClF3N2. The van der Waals surface area contributed by atoms with Crippen LogP contribution in [-0.2, 0) is 6.42 Å². The van der Waals surface area contributed by atoms with Crippen molar-refractivity contribution < 1.29 is 13.2 Å². The number of hydrogen-bond acceptors (Lipinski definition) is 2. The molecule has 6 heteroatoms. The molecule has 3 aromatic rings. The molecule has 0 aliphatic rings. The molecule has 0 amide bonds. The molecule has 0 spiro atoms. The standard InChI is InChI=1S/C19H14ClF3N2/c1-10-4-3-5-12(6-10)7-14-11(2)24-25-19(20)17(14)18-15(22)8-13(21)9-16(18)23/h3-6,8-9H,7H2,1-2H3. The van der Waals surface area contributed by atoms with Gasteiger partial charge in [-0.3, -0.25) is 0 Å². The van der Waals surface area contributed by atoms with E-state index in [1.165, 1.54) is 0 Å². The van der Waals surface area contributed by atoms with Gasteiger partial charge in [0.2, 0.25) is 0 Å². The van der Waals surface area contributed by atoms with Gasteiger partial charge in [-0.1, -0.05) is 41.4 Å². The van der Waals surface area contributed by atoms with Gasteiger partial charge in [0.25, 0.3) is 0 Å². The Morgan fingerprint density at radius 3 is 2.24 bits per heavy atom. The van der Waals surface area contributed by atoms with Gasteiger partial charge in [0.15, 0.2) is 5.15 Å². The Morgan fingerprint density at radius 2 is 1.60 bits per heavy atom. The highest BCUT2D eigenvalue weighted by Gasteiger charge is 2.22. The first-order chi connectivity index (χ1) is 11.9. The number of hydrogen-bond donors (Lipinski definition) is 0. The van der Waals surface area contributed by atoms with Crippen LogP contribution in [0.25, 0.3) is 11.1 Å². The number of aromatic nitrogens is 2. The van der Waals surface area contributed by atoms with Gasteiger partial charge >= 0.3 is 0 Å². The number of halogens is 4. The summed E-state index contributed by atoms with van der Waals surface area (Å²) in [5, 5.41) is 7.60. The van der Waals surface area contributed by atoms with E-state index in [4.69, 9.17) is 11.6 Å². The van der Waals surface area contributed by atoms with Crippen LogP contribution >= 0.6 is 11.6 Å². The van der Waals surface area contributed by atoms with E-state index in [0.717, 1.165) is 11.1 Å². The molecule has 0 N–H and O–H groups in total. The first kappa shape index (κ1) is 17.4. The van der Waals surface area contributed by atoms with Crippen LogP contribution in [0, 0.1) is 31.3 Å². The minimum atomic E-state index is -1.03. The smallest absolute Gasteiger partial charge is 0.160 e. The number of rotatable bonds is 3. The zero-order valence-electron chi connectivity index (χ0n) is 13.6. The number of aryl methyl sites for hydroxylation is 2. The third-order valence-electron chi connectivity index (χ3n) is 3.95. The van der Waals surface area contributed by atoms with Gasteiger partial charge in [-0.05, 0) is 25.0 Å². The lowest BCUT2D eigenvalue weighted by atomic mass is 9.94. The molecule has 0 radical (unpaired) electrons. The average Bonchev–Trinajstić information content (AvgIpc) is 2.52. The van der Waals surface area contributed by atoms with E-state index in [1.807, 2.05) is 31.2 Å². The molecule has 0 unspecified atom stereocenters. The molecule has 0 saturated heterocycles. The van der Waals surface area contributed by atoms with Crippen molar-refractivity contribution in [3.05, 3.63) is 81.4 Å². The minimum absolute atomic E-state index is 0.102. The summed E-state index contributed by atoms with van der Waals surface area (Å²) in [6.07, 6.45) is 0.369. The van der Waals surface area contributed by atoms with Crippen molar-refractivity contribution >= 4 is 11.6 Å². The molecule has 1 heterocycles. The summed E-state index contributed by atoms with van der Waals surface area (Å²) >= 11 is 6.12. The van der Waals surface area contributed by atoms with Crippen molar-refractivity contribution in [1.29, 1.82) is 0 Å². The maximum atomic E-state index is 14.3. The van der Waals surface area contributed by atoms with Crippen LogP contribution < -0.4 is 0 Å². The Hall–Kier alpha value is -2.40. The molecule has 0 bridgehead atoms. The fraction of sp³-hybridized carbons (Fsp3) is 0.158. The predicted molar refractivity (Wildman–Crippen MR) is 91.1 cm³/mol. The SMILES string of the molecule is Cc1cccc(Cc2c(C)nnc(Cl)c2-c2c(F)cc(F)cc2F)c1. The molecule has 3 rings (SSSR count). The second-order valence-electron chi connectivity index (χ2n) is 5.84. The summed E-state index contributed by atoms with van der Waals surface area (Å²) in [4.78, 5) is 0. The lowest BCUT2D eigenvalue weighted by molar-refractivity contribution is 0.547. The van der Waals surface area contributed by atoms with Crippen LogP contribution in [0.4, 0.5) is 13.2 Å². The fourth-order valence-corrected chi connectivity index (χ4v) is 3.06. The molecule has 0 atom stereocenters. The van der Waals surface area contributed by atoms with Gasteiger partial charge in [0.1, 0.15) is 17.5 Å². The van der Waals surface area contributed by atoms with Crippen LogP contribution in [-0.4, -0.2) is 10.2 Å². The molecule has 0 aliphatic heterocycles. The second-order valence-corrected chi connectivity index (χ2v) is 6.20. The molecule has 0 aliphatic carbocycles. The molecule has 0 fully saturated rings. The van der Waals surface area contributed by atoms with Gasteiger partial charge in [-0.25, -0.2) is 13.2 Å². The van der Waals surface area contributed by atoms with E-state index in [9.17, 15) is 13.2 Å². The highest BCUT2D eigenvalue weighted by Crippen LogP contribution is 2.36. The second kappa shape index (κ2) is 6.84. The summed E-state index contributed by atoms with van der Waals surface area (Å²) in [6.45, 7) is 3.64. The van der Waals surface area contributed by atoms with E-state index >= 15 is 0 Å². The topological polar surface area (TPSA) is 25.8 Å². The summed E-state index contributed by atoms with van der Waals surface area (Å²) in [5.74, 6) is -3.05. The first-order valence-corrected chi connectivity index (χ1v) is 7.96. The molecule has 2 aromatic carbocycles. The Labute approximate surface area is 148 Å². The van der Waals surface area contributed by atoms with Gasteiger partial charge in [-0.2, -0.15) is 5.10 Å². The maximum absolute atomic E-state index is 14.3. The lowest BCUT2D eigenvalue weighted by Gasteiger charge is -2.15. The normalized spacial score (nSPS) is 11.0. The largest absolute Gasteiger partial charge is 0.207 e. The molecule has 128 valence electrons. The zero-order chi connectivity index (χ0) is 18.1. The van der Waals surface area contributed by atoms with Crippen LogP contribution in [0.5, 0.6) is 0 Å². The molecule has 1 aromatic heterocycles. The number of benzene rings is 2. The quantitative estimate of drug-likeness (QED) is 0.621. The monoisotopic (exact) mass is 362 g/mol. The summed E-state index contributed by atoms with van der Waals surface area (Å²) in [5.41, 5.74) is 2.76. The highest BCUT2D eigenvalue weighted by molar-refractivity contribution is 6.32. The Balaban J connectivity index is 2.23. The number of nitrogens with zero attached hydrogens (tertiary/aromatic N) is 2. The molecule has 25 heavy (non-hydrogen) atoms. The third-order valence-corrected chi connectivity index (χ3v) is 4.22. The third kappa shape index (κ3) is 3.51. The Bertz CT molecular complexity index is 934. The van der Waals surface area contributed by atoms with Crippen molar-refractivity contribution in [1.82, 2.24) is 10.2 Å². The van der Waals surface area contributed by atoms with Gasteiger partial charge in [0.05, 0.1) is 11.3 Å². The summed E-state index contributed by atoms with van der Waals surface area (Å²) < 4.78 is 41.9. The Morgan fingerprint density at radius 1 is 0.920 bits per heavy atom. The van der Waals surface area contributed by atoms with Crippen LogP contribution in [0.2, 0.25) is 5.15 Å². The zero-order valence-corrected chi connectivity index (χ0v) is 14.3. The van der Waals surface area contributed by atoms with E-state index < -0.39 is 23.0 Å². The predicted octanol–water partition coefficient (Wildman–Crippen LogP) is 5.42. The van der Waals surface area contributed by atoms with Gasteiger partial charge in [-0.15, -0.1) is 5.10 Å². The van der Waals surface area contributed by atoms with E-state index in [1.54, 1.807) is 6.92 Å². The van der Waals surface area contributed by atoms with Crippen LogP contribution in [0.15, 0.2) is 36.4 Å². The first-order valence-electron chi connectivity index (χ1n) is 7.59. The molecule has 2 nitrogen and oxygen atoms in total. The fourth-order valence-electron chi connectivity index (χ4n) is 2.81.